The zero-order chi connectivity index (χ0) is 15.2. The molecule has 0 saturated heterocycles. The largest absolute Gasteiger partial charge is 0.486 e. The molecule has 0 unspecified atom stereocenters. The summed E-state index contributed by atoms with van der Waals surface area (Å²) in [5, 5.41) is 4.42. The Labute approximate surface area is 131 Å². The predicted octanol–water partition coefficient (Wildman–Crippen LogP) is 4.34. The van der Waals surface area contributed by atoms with Gasteiger partial charge in [0.15, 0.2) is 0 Å². The summed E-state index contributed by atoms with van der Waals surface area (Å²) >= 11 is 1.71. The van der Waals surface area contributed by atoms with E-state index in [2.05, 4.69) is 50.1 Å². The van der Waals surface area contributed by atoms with Gasteiger partial charge in [-0.05, 0) is 23.6 Å². The van der Waals surface area contributed by atoms with Crippen LogP contribution in [0.1, 0.15) is 49.1 Å². The van der Waals surface area contributed by atoms with Crippen molar-refractivity contribution < 1.29 is 4.74 Å². The highest BCUT2D eigenvalue weighted by atomic mass is 32.1. The molecule has 0 radical (unpaired) electrons. The maximum absolute atomic E-state index is 5.85. The van der Waals surface area contributed by atoms with Crippen LogP contribution in [0.2, 0.25) is 0 Å². The van der Waals surface area contributed by atoms with E-state index in [4.69, 9.17) is 4.74 Å². The molecule has 3 nitrogen and oxygen atoms in total. The Morgan fingerprint density at radius 1 is 1.24 bits per heavy atom. The van der Waals surface area contributed by atoms with Crippen molar-refractivity contribution in [3.05, 3.63) is 45.9 Å². The van der Waals surface area contributed by atoms with Gasteiger partial charge < -0.3 is 10.1 Å². The van der Waals surface area contributed by atoms with E-state index in [0.717, 1.165) is 17.3 Å². The summed E-state index contributed by atoms with van der Waals surface area (Å²) in [5.41, 5.74) is 1.30. The van der Waals surface area contributed by atoms with Gasteiger partial charge in [0.2, 0.25) is 0 Å². The van der Waals surface area contributed by atoms with Crippen molar-refractivity contribution in [2.24, 2.45) is 0 Å². The molecule has 21 heavy (non-hydrogen) atoms. The second kappa shape index (κ2) is 7.57. The van der Waals surface area contributed by atoms with Gasteiger partial charge in [-0.2, -0.15) is 0 Å². The Balaban J connectivity index is 1.89. The van der Waals surface area contributed by atoms with Crippen molar-refractivity contribution in [1.82, 2.24) is 10.3 Å². The number of aromatic nitrogens is 1. The highest BCUT2D eigenvalue weighted by Crippen LogP contribution is 2.22. The molecule has 0 amide bonds. The van der Waals surface area contributed by atoms with Crippen LogP contribution in [0.3, 0.4) is 0 Å². The van der Waals surface area contributed by atoms with Gasteiger partial charge in [-0.25, -0.2) is 4.98 Å². The molecule has 0 atom stereocenters. The highest BCUT2D eigenvalue weighted by molar-refractivity contribution is 7.11. The van der Waals surface area contributed by atoms with Crippen LogP contribution in [-0.2, 0) is 13.2 Å². The van der Waals surface area contributed by atoms with Crippen molar-refractivity contribution >= 4 is 11.3 Å². The monoisotopic (exact) mass is 304 g/mol. The normalized spacial score (nSPS) is 11.3. The third-order valence-corrected chi connectivity index (χ3v) is 4.14. The third kappa shape index (κ3) is 5.14. The number of benzene rings is 1. The Hall–Kier alpha value is -1.39. The van der Waals surface area contributed by atoms with E-state index in [9.17, 15) is 0 Å². The average Bonchev–Trinajstić information content (AvgIpc) is 2.91. The number of ether oxygens (including phenoxy) is 1. The molecule has 0 aliphatic carbocycles. The van der Waals surface area contributed by atoms with Gasteiger partial charge in [0.1, 0.15) is 17.4 Å². The first-order valence-corrected chi connectivity index (χ1v) is 8.26. The number of hydrogen-bond donors (Lipinski definition) is 1. The van der Waals surface area contributed by atoms with Gasteiger partial charge in [-0.15, -0.1) is 11.3 Å². The van der Waals surface area contributed by atoms with Crippen molar-refractivity contribution in [2.75, 3.05) is 0 Å². The zero-order valence-electron chi connectivity index (χ0n) is 13.2. The molecule has 1 N–H and O–H groups in total. The fraction of sp³-hybridized carbons (Fsp3) is 0.471. The van der Waals surface area contributed by atoms with E-state index >= 15 is 0 Å². The molecule has 0 spiro atoms. The van der Waals surface area contributed by atoms with Crippen LogP contribution in [0, 0.1) is 0 Å². The highest BCUT2D eigenvalue weighted by Gasteiger charge is 2.05. The smallest absolute Gasteiger partial charge is 0.140 e. The molecule has 0 fully saturated rings. The zero-order valence-corrected chi connectivity index (χ0v) is 14.0. The number of rotatable bonds is 7. The van der Waals surface area contributed by atoms with Crippen molar-refractivity contribution in [3.8, 4) is 5.75 Å². The van der Waals surface area contributed by atoms with Crippen LogP contribution in [0.5, 0.6) is 5.75 Å². The topological polar surface area (TPSA) is 34.2 Å². The van der Waals surface area contributed by atoms with E-state index in [0.29, 0.717) is 18.6 Å². The summed E-state index contributed by atoms with van der Waals surface area (Å²) in [6.45, 7) is 10.1. The lowest BCUT2D eigenvalue weighted by Gasteiger charge is -2.09. The van der Waals surface area contributed by atoms with Gasteiger partial charge in [-0.1, -0.05) is 39.8 Å². The third-order valence-electron chi connectivity index (χ3n) is 3.17. The van der Waals surface area contributed by atoms with Crippen molar-refractivity contribution in [2.45, 2.75) is 52.8 Å². The number of hydrogen-bond acceptors (Lipinski definition) is 4. The lowest BCUT2D eigenvalue weighted by molar-refractivity contribution is 0.305. The molecule has 1 heterocycles. The maximum Gasteiger partial charge on any atom is 0.140 e. The number of thiazole rings is 1. The van der Waals surface area contributed by atoms with Crippen LogP contribution in [0.4, 0.5) is 0 Å². The molecular weight excluding hydrogens is 280 g/mol. The second-order valence-corrected chi connectivity index (χ2v) is 6.97. The summed E-state index contributed by atoms with van der Waals surface area (Å²) < 4.78 is 5.85. The minimum Gasteiger partial charge on any atom is -0.486 e. The average molecular weight is 304 g/mol. The van der Waals surface area contributed by atoms with E-state index in [1.165, 1.54) is 10.4 Å². The molecule has 4 heteroatoms. The summed E-state index contributed by atoms with van der Waals surface area (Å²) in [7, 11) is 0. The number of nitrogens with zero attached hydrogens (tertiary/aromatic N) is 1. The molecule has 0 saturated carbocycles. The Morgan fingerprint density at radius 2 is 2.05 bits per heavy atom. The van der Waals surface area contributed by atoms with E-state index in [1.54, 1.807) is 11.3 Å². The molecule has 1 aromatic carbocycles. The Kier molecular flexibility index (Phi) is 5.76. The summed E-state index contributed by atoms with van der Waals surface area (Å²) in [6, 6.07) is 8.78. The van der Waals surface area contributed by atoms with E-state index in [-0.39, 0.29) is 0 Å². The summed E-state index contributed by atoms with van der Waals surface area (Å²) in [6.07, 6.45) is 1.93. The lowest BCUT2D eigenvalue weighted by atomic mass is 10.0. The molecule has 0 aliphatic rings. The number of nitrogens with one attached hydrogen (secondary N) is 1. The quantitative estimate of drug-likeness (QED) is 0.826. The van der Waals surface area contributed by atoms with Gasteiger partial charge >= 0.3 is 0 Å². The van der Waals surface area contributed by atoms with Gasteiger partial charge in [-0.3, -0.25) is 0 Å². The summed E-state index contributed by atoms with van der Waals surface area (Å²) in [4.78, 5) is 5.67. The minimum absolute atomic E-state index is 0.491. The molecule has 2 aromatic rings. The Bertz CT molecular complexity index is 563. The van der Waals surface area contributed by atoms with Crippen LogP contribution >= 0.6 is 11.3 Å². The lowest BCUT2D eigenvalue weighted by Crippen LogP contribution is -2.21. The maximum atomic E-state index is 5.85. The van der Waals surface area contributed by atoms with E-state index in [1.807, 2.05) is 18.3 Å². The fourth-order valence-corrected chi connectivity index (χ4v) is 2.70. The fourth-order valence-electron chi connectivity index (χ4n) is 1.91. The first kappa shape index (κ1) is 16.0. The first-order valence-electron chi connectivity index (χ1n) is 7.44. The van der Waals surface area contributed by atoms with Gasteiger partial charge in [0.05, 0.1) is 0 Å². The SMILES string of the molecule is CC(C)NCc1cnc(COc2cccc(C(C)C)c2)s1. The van der Waals surface area contributed by atoms with Crippen LogP contribution in [-0.4, -0.2) is 11.0 Å². The van der Waals surface area contributed by atoms with Crippen LogP contribution in [0.25, 0.3) is 0 Å². The molecule has 2 rings (SSSR count). The molecular formula is C17H24N2OS. The molecule has 114 valence electrons. The van der Waals surface area contributed by atoms with Crippen LogP contribution < -0.4 is 10.1 Å². The molecule has 0 bridgehead atoms. The van der Waals surface area contributed by atoms with E-state index < -0.39 is 0 Å². The first-order chi connectivity index (χ1) is 10.0. The molecule has 1 aromatic heterocycles. The predicted molar refractivity (Wildman–Crippen MR) is 89.0 cm³/mol. The minimum atomic E-state index is 0.491. The van der Waals surface area contributed by atoms with Gasteiger partial charge in [0, 0.05) is 23.7 Å². The Morgan fingerprint density at radius 3 is 2.76 bits per heavy atom. The van der Waals surface area contributed by atoms with Crippen molar-refractivity contribution in [1.29, 1.82) is 0 Å². The van der Waals surface area contributed by atoms with Crippen LogP contribution in [0.15, 0.2) is 30.5 Å². The summed E-state index contributed by atoms with van der Waals surface area (Å²) in [5.74, 6) is 1.43. The molecule has 0 aliphatic heterocycles. The standard InChI is InChI=1S/C17H24N2OS/c1-12(2)14-6-5-7-15(8-14)20-11-17-19-10-16(21-17)9-18-13(3)4/h5-8,10,12-13,18H,9,11H2,1-4H3. The van der Waals surface area contributed by atoms with Gasteiger partial charge in [0.25, 0.3) is 0 Å². The van der Waals surface area contributed by atoms with Crippen molar-refractivity contribution in [3.63, 3.8) is 0 Å². The second-order valence-electron chi connectivity index (χ2n) is 5.77.